The first-order chi connectivity index (χ1) is 11.0. The number of rotatable bonds is 5. The molecule has 136 valence electrons. The van der Waals surface area contributed by atoms with Gasteiger partial charge < -0.3 is 15.7 Å². The third-order valence-corrected chi connectivity index (χ3v) is 4.42. The highest BCUT2D eigenvalue weighted by atomic mass is 16.3. The molecule has 0 saturated heterocycles. The molecule has 1 atom stereocenters. The summed E-state index contributed by atoms with van der Waals surface area (Å²) in [7, 11) is 1.86. The summed E-state index contributed by atoms with van der Waals surface area (Å²) >= 11 is 0. The minimum atomic E-state index is -0.291. The lowest BCUT2D eigenvalue weighted by atomic mass is 9.75. The third kappa shape index (κ3) is 5.23. The molecule has 0 aliphatic heterocycles. The quantitative estimate of drug-likeness (QED) is 0.773. The molecule has 1 saturated carbocycles. The minimum Gasteiger partial charge on any atom is -0.393 e. The van der Waals surface area contributed by atoms with Crippen LogP contribution in [0.3, 0.4) is 0 Å². The molecule has 6 heteroatoms. The average Bonchev–Trinajstić information content (AvgIpc) is 2.75. The fourth-order valence-corrected chi connectivity index (χ4v) is 3.83. The van der Waals surface area contributed by atoms with Crippen LogP contribution in [0.4, 0.5) is 4.79 Å². The van der Waals surface area contributed by atoms with Crippen molar-refractivity contribution >= 4 is 6.03 Å². The number of carbonyl (C=O) groups excluding carboxylic acids is 1. The number of aromatic nitrogens is 2. The van der Waals surface area contributed by atoms with Crippen molar-refractivity contribution in [2.45, 2.75) is 71.6 Å². The van der Waals surface area contributed by atoms with Crippen LogP contribution in [-0.4, -0.2) is 32.6 Å². The zero-order valence-corrected chi connectivity index (χ0v) is 15.8. The molecule has 2 amide bonds. The van der Waals surface area contributed by atoms with E-state index in [2.05, 4.69) is 36.5 Å². The molecule has 1 aliphatic carbocycles. The van der Waals surface area contributed by atoms with Gasteiger partial charge >= 0.3 is 6.03 Å². The minimum absolute atomic E-state index is 0.118. The molecule has 0 radical (unpaired) electrons. The fraction of sp³-hybridized carbons (Fsp3) is 0.778. The third-order valence-electron chi connectivity index (χ3n) is 4.42. The first kappa shape index (κ1) is 18.8. The molecular weight excluding hydrogens is 304 g/mol. The van der Waals surface area contributed by atoms with Crippen molar-refractivity contribution in [3.8, 4) is 0 Å². The van der Waals surface area contributed by atoms with Gasteiger partial charge in [0.15, 0.2) is 0 Å². The largest absolute Gasteiger partial charge is 0.393 e. The number of urea groups is 1. The number of aliphatic hydroxyl groups is 1. The van der Waals surface area contributed by atoms with Crippen molar-refractivity contribution in [2.75, 3.05) is 0 Å². The summed E-state index contributed by atoms with van der Waals surface area (Å²) < 4.78 is 1.74. The van der Waals surface area contributed by atoms with Crippen molar-refractivity contribution in [2.24, 2.45) is 18.4 Å². The molecule has 0 bridgehead atoms. The Balaban J connectivity index is 2.02. The van der Waals surface area contributed by atoms with Crippen LogP contribution in [0.25, 0.3) is 0 Å². The summed E-state index contributed by atoms with van der Waals surface area (Å²) in [5.41, 5.74) is 0.830. The van der Waals surface area contributed by atoms with Gasteiger partial charge in [0.05, 0.1) is 18.3 Å². The average molecular weight is 336 g/mol. The number of hydrogen-bond acceptors (Lipinski definition) is 3. The Morgan fingerprint density at radius 3 is 2.46 bits per heavy atom. The van der Waals surface area contributed by atoms with Crippen LogP contribution in [0, 0.1) is 11.3 Å². The van der Waals surface area contributed by atoms with Gasteiger partial charge in [-0.05, 0) is 44.4 Å². The van der Waals surface area contributed by atoms with E-state index in [1.807, 2.05) is 27.1 Å². The lowest BCUT2D eigenvalue weighted by Gasteiger charge is -2.39. The normalized spacial score (nSPS) is 22.6. The molecule has 1 heterocycles. The van der Waals surface area contributed by atoms with Crippen LogP contribution in [0.15, 0.2) is 12.4 Å². The highest BCUT2D eigenvalue weighted by Gasteiger charge is 2.37. The van der Waals surface area contributed by atoms with Crippen LogP contribution in [0.2, 0.25) is 0 Å². The Morgan fingerprint density at radius 2 is 2.00 bits per heavy atom. The molecule has 0 aromatic carbocycles. The van der Waals surface area contributed by atoms with Crippen LogP contribution in [0.1, 0.15) is 65.5 Å². The molecule has 2 rings (SSSR count). The lowest BCUT2D eigenvalue weighted by Crippen LogP contribution is -2.52. The smallest absolute Gasteiger partial charge is 0.315 e. The fourth-order valence-electron chi connectivity index (χ4n) is 3.83. The van der Waals surface area contributed by atoms with E-state index in [9.17, 15) is 9.90 Å². The second-order valence-corrected chi connectivity index (χ2v) is 9.03. The zero-order chi connectivity index (χ0) is 18.1. The van der Waals surface area contributed by atoms with Crippen LogP contribution in [-0.2, 0) is 7.05 Å². The second-order valence-electron chi connectivity index (χ2n) is 9.03. The van der Waals surface area contributed by atoms with E-state index in [1.165, 1.54) is 0 Å². The Labute approximate surface area is 145 Å². The molecular formula is C18H32N4O2. The highest BCUT2D eigenvalue weighted by molar-refractivity contribution is 5.75. The molecule has 0 spiro atoms. The van der Waals surface area contributed by atoms with E-state index in [0.717, 1.165) is 12.0 Å². The summed E-state index contributed by atoms with van der Waals surface area (Å²) in [5.74, 6) is 0.251. The first-order valence-electron chi connectivity index (χ1n) is 8.70. The van der Waals surface area contributed by atoms with Gasteiger partial charge in [0.25, 0.3) is 0 Å². The van der Waals surface area contributed by atoms with Gasteiger partial charge in [-0.1, -0.05) is 20.8 Å². The standard InChI is InChI=1S/C18H32N4O2/c1-17(2,3)11-18(4,5)21-16(24)20-15(12-7-14(23)8-12)13-9-19-22(6)10-13/h9-10,12,14-15,23H,7-8,11H2,1-6H3,(H2,20,21,24)/t12?,14?,15-/m1/s1. The Bertz CT molecular complexity index is 568. The van der Waals surface area contributed by atoms with Gasteiger partial charge in [-0.15, -0.1) is 0 Å². The summed E-state index contributed by atoms with van der Waals surface area (Å²) in [6.07, 6.45) is 5.77. The maximum atomic E-state index is 12.5. The Kier molecular flexibility index (Phi) is 5.28. The molecule has 1 fully saturated rings. The number of amides is 2. The lowest BCUT2D eigenvalue weighted by molar-refractivity contribution is 0.0256. The number of nitrogens with one attached hydrogen (secondary N) is 2. The van der Waals surface area contributed by atoms with E-state index < -0.39 is 0 Å². The molecule has 24 heavy (non-hydrogen) atoms. The van der Waals surface area contributed by atoms with E-state index in [1.54, 1.807) is 10.9 Å². The van der Waals surface area contributed by atoms with Crippen LogP contribution >= 0.6 is 0 Å². The predicted molar refractivity (Wildman–Crippen MR) is 94.5 cm³/mol. The van der Waals surface area contributed by atoms with Crippen LogP contribution < -0.4 is 10.6 Å². The van der Waals surface area contributed by atoms with Gasteiger partial charge in [0, 0.05) is 24.3 Å². The number of hydrogen-bond donors (Lipinski definition) is 3. The highest BCUT2D eigenvalue weighted by Crippen LogP contribution is 2.38. The second kappa shape index (κ2) is 6.75. The van der Waals surface area contributed by atoms with Gasteiger partial charge in [-0.3, -0.25) is 4.68 Å². The van der Waals surface area contributed by atoms with Crippen LogP contribution in [0.5, 0.6) is 0 Å². The topological polar surface area (TPSA) is 79.2 Å². The number of aryl methyl sites for hydroxylation is 1. The number of carbonyl (C=O) groups is 1. The Morgan fingerprint density at radius 1 is 1.38 bits per heavy atom. The monoisotopic (exact) mass is 336 g/mol. The molecule has 1 aromatic rings. The predicted octanol–water partition coefficient (Wildman–Crippen LogP) is 2.75. The van der Waals surface area contributed by atoms with Crippen molar-refractivity contribution < 1.29 is 9.90 Å². The maximum Gasteiger partial charge on any atom is 0.315 e. The van der Waals surface area contributed by atoms with Gasteiger partial charge in [0.2, 0.25) is 0 Å². The Hall–Kier alpha value is -1.56. The van der Waals surface area contributed by atoms with Crippen molar-refractivity contribution in [3.63, 3.8) is 0 Å². The molecule has 0 unspecified atom stereocenters. The molecule has 3 N–H and O–H groups in total. The summed E-state index contributed by atoms with van der Waals surface area (Å²) in [6.45, 7) is 10.6. The van der Waals surface area contributed by atoms with Crippen molar-refractivity contribution in [1.29, 1.82) is 0 Å². The molecule has 1 aliphatic rings. The maximum absolute atomic E-state index is 12.5. The van der Waals surface area contributed by atoms with Gasteiger partial charge in [-0.2, -0.15) is 5.10 Å². The zero-order valence-electron chi connectivity index (χ0n) is 15.8. The summed E-state index contributed by atoms with van der Waals surface area (Å²) in [5, 5.41) is 20.0. The van der Waals surface area contributed by atoms with Gasteiger partial charge in [-0.25, -0.2) is 4.79 Å². The van der Waals surface area contributed by atoms with Gasteiger partial charge in [0.1, 0.15) is 0 Å². The SMILES string of the molecule is Cn1cc([C@H](NC(=O)NC(C)(C)CC(C)(C)C)C2CC(O)C2)cn1. The molecule has 1 aromatic heterocycles. The summed E-state index contributed by atoms with van der Waals surface area (Å²) in [6, 6.07) is -0.285. The van der Waals surface area contributed by atoms with E-state index in [-0.39, 0.29) is 35.0 Å². The summed E-state index contributed by atoms with van der Waals surface area (Å²) in [4.78, 5) is 12.5. The van der Waals surface area contributed by atoms with E-state index in [4.69, 9.17) is 0 Å². The van der Waals surface area contributed by atoms with Crippen molar-refractivity contribution in [3.05, 3.63) is 18.0 Å². The molecule has 6 nitrogen and oxygen atoms in total. The number of nitrogens with zero attached hydrogens (tertiary/aromatic N) is 2. The first-order valence-corrected chi connectivity index (χ1v) is 8.70. The van der Waals surface area contributed by atoms with E-state index in [0.29, 0.717) is 12.8 Å². The number of aliphatic hydroxyl groups excluding tert-OH is 1. The van der Waals surface area contributed by atoms with Crippen molar-refractivity contribution in [1.82, 2.24) is 20.4 Å². The van der Waals surface area contributed by atoms with E-state index >= 15 is 0 Å².